The van der Waals surface area contributed by atoms with Gasteiger partial charge in [-0.3, -0.25) is 9.69 Å². The van der Waals surface area contributed by atoms with Gasteiger partial charge >= 0.3 is 0 Å². The van der Waals surface area contributed by atoms with Crippen molar-refractivity contribution in [3.63, 3.8) is 0 Å². The van der Waals surface area contributed by atoms with E-state index in [1.54, 1.807) is 23.1 Å². The Kier molecular flexibility index (Phi) is 4.38. The van der Waals surface area contributed by atoms with Gasteiger partial charge < -0.3 is 5.73 Å². The predicted octanol–water partition coefficient (Wildman–Crippen LogP) is 3.42. The number of nitrogens with zero attached hydrogens (tertiary/aromatic N) is 4. The molecule has 0 amide bonds. The van der Waals surface area contributed by atoms with Crippen LogP contribution in [-0.2, 0) is 4.79 Å². The number of ketones is 1. The third-order valence-corrected chi connectivity index (χ3v) is 5.36. The number of carbonyl (C=O) groups is 1. The normalized spacial score (nSPS) is 20.0. The average molecular weight is 401 g/mol. The van der Waals surface area contributed by atoms with Gasteiger partial charge in [0.1, 0.15) is 12.1 Å². The fraction of sp³-hybridized carbons (Fsp3) is 0.222. The molecule has 9 heteroatoms. The van der Waals surface area contributed by atoms with Gasteiger partial charge in [-0.25, -0.2) is 5.10 Å². The maximum atomic E-state index is 12.9. The first-order chi connectivity index (χ1) is 13.0. The molecule has 0 saturated carbocycles. The molecule has 0 bridgehead atoms. The van der Waals surface area contributed by atoms with Gasteiger partial charge in [0.15, 0.2) is 5.78 Å². The molecule has 0 radical (unpaired) electrons. The van der Waals surface area contributed by atoms with E-state index in [9.17, 15) is 10.1 Å². The number of carbonyl (C=O) groups excluding carboxylic acids is 1. The van der Waals surface area contributed by atoms with E-state index in [-0.39, 0.29) is 17.2 Å². The fourth-order valence-electron chi connectivity index (χ4n) is 3.68. The summed E-state index contributed by atoms with van der Waals surface area (Å²) in [6, 6.07) is 7.18. The van der Waals surface area contributed by atoms with Crippen LogP contribution in [0, 0.1) is 11.3 Å². The molecule has 1 atom stereocenters. The lowest BCUT2D eigenvalue weighted by Gasteiger charge is -2.38. The van der Waals surface area contributed by atoms with Crippen LogP contribution in [0.4, 0.5) is 5.95 Å². The minimum absolute atomic E-state index is 0.0305. The molecular weight excluding hydrogens is 387 g/mol. The first-order valence-electron chi connectivity index (χ1n) is 8.29. The lowest BCUT2D eigenvalue weighted by atomic mass is 9.75. The third-order valence-electron chi connectivity index (χ3n) is 4.80. The molecule has 0 fully saturated rings. The van der Waals surface area contributed by atoms with Crippen molar-refractivity contribution in [3.8, 4) is 6.07 Å². The van der Waals surface area contributed by atoms with Crippen molar-refractivity contribution in [1.82, 2.24) is 15.2 Å². The van der Waals surface area contributed by atoms with Crippen LogP contribution < -0.4 is 10.6 Å². The molecule has 1 aliphatic heterocycles. The van der Waals surface area contributed by atoms with E-state index in [1.165, 1.54) is 6.33 Å². The summed E-state index contributed by atoms with van der Waals surface area (Å²) in [5.41, 5.74) is 8.47. The molecule has 3 N–H and O–H groups in total. The smallest absolute Gasteiger partial charge is 0.231 e. The zero-order valence-electron chi connectivity index (χ0n) is 14.0. The van der Waals surface area contributed by atoms with E-state index < -0.39 is 5.92 Å². The Labute approximate surface area is 165 Å². The number of aromatic amines is 1. The largest absolute Gasteiger partial charge is 0.384 e. The van der Waals surface area contributed by atoms with E-state index in [0.717, 1.165) is 5.70 Å². The van der Waals surface area contributed by atoms with Crippen molar-refractivity contribution in [1.29, 1.82) is 5.26 Å². The average Bonchev–Trinajstić information content (AvgIpc) is 3.15. The third kappa shape index (κ3) is 2.78. The molecule has 0 spiro atoms. The van der Waals surface area contributed by atoms with E-state index >= 15 is 0 Å². The number of hydrogen-bond acceptors (Lipinski definition) is 6. The molecule has 1 aliphatic carbocycles. The highest BCUT2D eigenvalue weighted by atomic mass is 35.5. The summed E-state index contributed by atoms with van der Waals surface area (Å²) in [4.78, 5) is 18.7. The number of hydrogen-bond donors (Lipinski definition) is 2. The van der Waals surface area contributed by atoms with Crippen LogP contribution >= 0.6 is 23.2 Å². The summed E-state index contributed by atoms with van der Waals surface area (Å²) in [6.45, 7) is 0. The van der Waals surface area contributed by atoms with Crippen LogP contribution in [-0.4, -0.2) is 21.0 Å². The van der Waals surface area contributed by atoms with Gasteiger partial charge in [-0.05, 0) is 30.5 Å². The van der Waals surface area contributed by atoms with Gasteiger partial charge in [-0.15, -0.1) is 0 Å². The highest BCUT2D eigenvalue weighted by Crippen LogP contribution is 2.47. The zero-order valence-corrected chi connectivity index (χ0v) is 15.6. The number of halogens is 2. The summed E-state index contributed by atoms with van der Waals surface area (Å²) in [7, 11) is 0. The Morgan fingerprint density at radius 3 is 2.81 bits per heavy atom. The van der Waals surface area contributed by atoms with Crippen molar-refractivity contribution < 1.29 is 4.79 Å². The number of H-pyrrole nitrogens is 1. The van der Waals surface area contributed by atoms with Gasteiger partial charge in [0, 0.05) is 27.7 Å². The predicted molar refractivity (Wildman–Crippen MR) is 101 cm³/mol. The zero-order chi connectivity index (χ0) is 19.1. The van der Waals surface area contributed by atoms with Crippen LogP contribution in [0.2, 0.25) is 10.0 Å². The lowest BCUT2D eigenvalue weighted by molar-refractivity contribution is -0.116. The molecule has 2 aromatic rings. The maximum absolute atomic E-state index is 12.9. The van der Waals surface area contributed by atoms with Gasteiger partial charge in [-0.2, -0.15) is 15.3 Å². The second-order valence-corrected chi connectivity index (χ2v) is 7.13. The Hall–Kier alpha value is -2.82. The van der Waals surface area contributed by atoms with Gasteiger partial charge in [0.25, 0.3) is 0 Å². The summed E-state index contributed by atoms with van der Waals surface area (Å²) >= 11 is 12.4. The summed E-state index contributed by atoms with van der Waals surface area (Å²) in [5.74, 6) is -0.0967. The Bertz CT molecular complexity index is 1030. The highest BCUT2D eigenvalue weighted by Gasteiger charge is 2.41. The number of nitrogens with one attached hydrogen (secondary N) is 1. The second-order valence-electron chi connectivity index (χ2n) is 6.29. The number of benzene rings is 1. The van der Waals surface area contributed by atoms with E-state index in [1.807, 2.05) is 0 Å². The topological polar surface area (TPSA) is 112 Å². The van der Waals surface area contributed by atoms with Crippen LogP contribution in [0.15, 0.2) is 47.2 Å². The van der Waals surface area contributed by atoms with Crippen molar-refractivity contribution in [2.24, 2.45) is 5.73 Å². The van der Waals surface area contributed by atoms with Crippen LogP contribution in [0.5, 0.6) is 0 Å². The standard InChI is InChI=1S/C18H14Cl2N6O/c19-9-4-5-10(12(20)6-9)15-11(7-21)17(22)26(18-23-8-24-25-18)13-2-1-3-14(27)16(13)15/h4-6,8,15H,1-3,22H2,(H,23,24,25). The number of aromatic nitrogens is 3. The first kappa shape index (κ1) is 17.6. The second kappa shape index (κ2) is 6.72. The van der Waals surface area contributed by atoms with Crippen molar-refractivity contribution in [2.75, 3.05) is 4.90 Å². The minimum Gasteiger partial charge on any atom is -0.384 e. The molecule has 0 saturated heterocycles. The lowest BCUT2D eigenvalue weighted by Crippen LogP contribution is -2.39. The SMILES string of the molecule is N#CC1=C(N)N(c2ncn[nH]2)C2=C(C(=O)CCC2)C1c1ccc(Cl)cc1Cl. The number of allylic oxidation sites excluding steroid dienone is 3. The minimum atomic E-state index is -0.637. The van der Waals surface area contributed by atoms with Gasteiger partial charge in [-0.1, -0.05) is 29.3 Å². The molecule has 7 nitrogen and oxygen atoms in total. The summed E-state index contributed by atoms with van der Waals surface area (Å²) in [6.07, 6.45) is 3.08. The fourth-order valence-corrected chi connectivity index (χ4v) is 4.20. The molecule has 1 aromatic heterocycles. The molecule has 2 heterocycles. The highest BCUT2D eigenvalue weighted by molar-refractivity contribution is 6.35. The first-order valence-corrected chi connectivity index (χ1v) is 9.05. The van der Waals surface area contributed by atoms with Crippen molar-refractivity contribution in [2.45, 2.75) is 25.2 Å². The molecule has 1 aromatic carbocycles. The Morgan fingerprint density at radius 1 is 1.33 bits per heavy atom. The Balaban J connectivity index is 1.99. The van der Waals surface area contributed by atoms with Crippen LogP contribution in [0.25, 0.3) is 0 Å². The van der Waals surface area contributed by atoms with Gasteiger partial charge in [0.2, 0.25) is 5.95 Å². The summed E-state index contributed by atoms with van der Waals surface area (Å²) in [5, 5.41) is 17.3. The molecule has 1 unspecified atom stereocenters. The number of nitriles is 1. The quantitative estimate of drug-likeness (QED) is 0.798. The van der Waals surface area contributed by atoms with Crippen molar-refractivity contribution in [3.05, 3.63) is 62.8 Å². The molecule has 4 rings (SSSR count). The number of nitrogens with two attached hydrogens (primary N) is 1. The van der Waals surface area contributed by atoms with E-state index in [4.69, 9.17) is 28.9 Å². The Morgan fingerprint density at radius 2 is 2.15 bits per heavy atom. The van der Waals surface area contributed by atoms with Crippen LogP contribution in [0.1, 0.15) is 30.7 Å². The number of rotatable bonds is 2. The number of Topliss-reactive ketones (excluding diaryl/α,β-unsaturated/α-hetero) is 1. The molecule has 2 aliphatic rings. The van der Waals surface area contributed by atoms with E-state index in [2.05, 4.69) is 21.3 Å². The summed E-state index contributed by atoms with van der Waals surface area (Å²) < 4.78 is 0. The molecular formula is C18H14Cl2N6O. The van der Waals surface area contributed by atoms with Crippen LogP contribution in [0.3, 0.4) is 0 Å². The number of anilines is 1. The van der Waals surface area contributed by atoms with Crippen molar-refractivity contribution >= 4 is 34.9 Å². The monoisotopic (exact) mass is 400 g/mol. The maximum Gasteiger partial charge on any atom is 0.231 e. The van der Waals surface area contributed by atoms with E-state index in [0.29, 0.717) is 46.4 Å². The van der Waals surface area contributed by atoms with Gasteiger partial charge in [0.05, 0.1) is 17.6 Å². The molecule has 27 heavy (non-hydrogen) atoms. The molecule has 136 valence electrons.